The number of nitrogens with one attached hydrogen (secondary N) is 3. The van der Waals surface area contributed by atoms with Crippen LogP contribution < -0.4 is 10.9 Å². The summed E-state index contributed by atoms with van der Waals surface area (Å²) in [6, 6.07) is 13.1. The molecule has 0 radical (unpaired) electrons. The number of amides is 2. The van der Waals surface area contributed by atoms with Gasteiger partial charge < -0.3 is 4.98 Å². The van der Waals surface area contributed by atoms with Gasteiger partial charge in [0.25, 0.3) is 5.91 Å². The first-order chi connectivity index (χ1) is 11.2. The number of H-pyrrole nitrogens is 1. The number of hydrogen-bond donors (Lipinski definition) is 3. The Morgan fingerprint density at radius 3 is 2.65 bits per heavy atom. The van der Waals surface area contributed by atoms with Crippen LogP contribution in [-0.4, -0.2) is 21.8 Å². The fourth-order valence-electron chi connectivity index (χ4n) is 1.98. The molecule has 0 spiro atoms. The van der Waals surface area contributed by atoms with Crippen LogP contribution in [-0.2, 0) is 11.2 Å². The summed E-state index contributed by atoms with van der Waals surface area (Å²) in [4.78, 5) is 30.7. The number of aromatic amines is 1. The normalized spacial score (nSPS) is 10.3. The summed E-state index contributed by atoms with van der Waals surface area (Å²) >= 11 is 1.48. The van der Waals surface area contributed by atoms with Crippen molar-refractivity contribution in [3.63, 3.8) is 0 Å². The topological polar surface area (TPSA) is 86.9 Å². The van der Waals surface area contributed by atoms with E-state index < -0.39 is 5.91 Å². The van der Waals surface area contributed by atoms with Gasteiger partial charge in [0.1, 0.15) is 10.7 Å². The summed E-state index contributed by atoms with van der Waals surface area (Å²) in [6.45, 7) is 0. The van der Waals surface area contributed by atoms with Crippen LogP contribution in [0.4, 0.5) is 0 Å². The van der Waals surface area contributed by atoms with Gasteiger partial charge in [-0.2, -0.15) is 0 Å². The molecular formula is C16H14N4O2S. The molecule has 3 aromatic rings. The summed E-state index contributed by atoms with van der Waals surface area (Å²) in [6.07, 6.45) is 1.74. The first-order valence-corrected chi connectivity index (χ1v) is 7.83. The number of aromatic nitrogens is 2. The maximum absolute atomic E-state index is 11.9. The van der Waals surface area contributed by atoms with Gasteiger partial charge in [-0.1, -0.05) is 30.3 Å². The van der Waals surface area contributed by atoms with Crippen LogP contribution in [0, 0.1) is 0 Å². The molecule has 0 saturated heterocycles. The predicted octanol–water partition coefficient (Wildman–Crippen LogP) is 2.14. The highest BCUT2D eigenvalue weighted by Gasteiger charge is 2.11. The molecule has 0 atom stereocenters. The minimum atomic E-state index is -0.397. The van der Waals surface area contributed by atoms with Crippen molar-refractivity contribution >= 4 is 23.2 Å². The van der Waals surface area contributed by atoms with Crippen LogP contribution in [0.15, 0.2) is 54.0 Å². The summed E-state index contributed by atoms with van der Waals surface area (Å²) in [5.74, 6) is -0.721. The van der Waals surface area contributed by atoms with Gasteiger partial charge in [-0.05, 0) is 12.1 Å². The van der Waals surface area contributed by atoms with Gasteiger partial charge in [0.15, 0.2) is 0 Å². The van der Waals surface area contributed by atoms with Gasteiger partial charge in [-0.15, -0.1) is 11.3 Å². The highest BCUT2D eigenvalue weighted by molar-refractivity contribution is 7.13. The van der Waals surface area contributed by atoms with Gasteiger partial charge in [-0.25, -0.2) is 4.98 Å². The smallest absolute Gasteiger partial charge is 0.286 e. The third-order valence-corrected chi connectivity index (χ3v) is 4.01. The highest BCUT2D eigenvalue weighted by atomic mass is 32.1. The Hall–Kier alpha value is -2.93. The van der Waals surface area contributed by atoms with Crippen LogP contribution in [0.3, 0.4) is 0 Å². The fraction of sp³-hybridized carbons (Fsp3) is 0.0625. The molecular weight excluding hydrogens is 312 g/mol. The second-order valence-corrected chi connectivity index (χ2v) is 5.63. The molecule has 0 aliphatic carbocycles. The average Bonchev–Trinajstić information content (AvgIpc) is 3.25. The zero-order chi connectivity index (χ0) is 16.1. The van der Waals surface area contributed by atoms with Crippen molar-refractivity contribution in [2.75, 3.05) is 0 Å². The SMILES string of the molecule is O=C(Cc1csc(-c2ccccc2)n1)NNC(=O)c1ccc[nH]1. The second kappa shape index (κ2) is 6.89. The van der Waals surface area contributed by atoms with E-state index in [1.165, 1.54) is 11.3 Å². The molecule has 2 heterocycles. The molecule has 116 valence electrons. The lowest BCUT2D eigenvalue weighted by Crippen LogP contribution is -2.42. The van der Waals surface area contributed by atoms with E-state index in [1.54, 1.807) is 18.3 Å². The van der Waals surface area contributed by atoms with Crippen LogP contribution in [0.25, 0.3) is 10.6 Å². The van der Waals surface area contributed by atoms with Crippen LogP contribution in [0.1, 0.15) is 16.2 Å². The largest absolute Gasteiger partial charge is 0.357 e. The fourth-order valence-corrected chi connectivity index (χ4v) is 2.80. The number of carbonyl (C=O) groups is 2. The average molecular weight is 326 g/mol. The Bertz CT molecular complexity index is 797. The van der Waals surface area contributed by atoms with Crippen LogP contribution in [0.5, 0.6) is 0 Å². The summed E-state index contributed by atoms with van der Waals surface area (Å²) < 4.78 is 0. The summed E-state index contributed by atoms with van der Waals surface area (Å²) in [5.41, 5.74) is 6.79. The maximum Gasteiger partial charge on any atom is 0.286 e. The third-order valence-electron chi connectivity index (χ3n) is 3.07. The van der Waals surface area contributed by atoms with E-state index in [-0.39, 0.29) is 12.3 Å². The number of nitrogens with zero attached hydrogens (tertiary/aromatic N) is 1. The van der Waals surface area contributed by atoms with Crippen molar-refractivity contribution < 1.29 is 9.59 Å². The van der Waals surface area contributed by atoms with E-state index >= 15 is 0 Å². The molecule has 0 unspecified atom stereocenters. The van der Waals surface area contributed by atoms with E-state index in [4.69, 9.17) is 0 Å². The molecule has 0 aliphatic heterocycles. The van der Waals surface area contributed by atoms with E-state index in [9.17, 15) is 9.59 Å². The van der Waals surface area contributed by atoms with Crippen LogP contribution in [0.2, 0.25) is 0 Å². The van der Waals surface area contributed by atoms with Crippen molar-refractivity contribution in [3.05, 3.63) is 65.4 Å². The molecule has 6 nitrogen and oxygen atoms in total. The standard InChI is InChI=1S/C16H14N4O2S/c21-14(19-20-15(22)13-7-4-8-17-13)9-12-10-23-16(18-12)11-5-2-1-3-6-11/h1-8,10,17H,9H2,(H,19,21)(H,20,22). The Labute approximate surface area is 136 Å². The summed E-state index contributed by atoms with van der Waals surface area (Å²) in [7, 11) is 0. The molecule has 3 N–H and O–H groups in total. The Morgan fingerprint density at radius 1 is 1.09 bits per heavy atom. The van der Waals surface area contributed by atoms with Crippen molar-refractivity contribution in [1.82, 2.24) is 20.8 Å². The molecule has 2 aromatic heterocycles. The van der Waals surface area contributed by atoms with Crippen molar-refractivity contribution in [2.24, 2.45) is 0 Å². The minimum Gasteiger partial charge on any atom is -0.357 e. The lowest BCUT2D eigenvalue weighted by atomic mass is 10.2. The highest BCUT2D eigenvalue weighted by Crippen LogP contribution is 2.23. The van der Waals surface area contributed by atoms with Gasteiger partial charge in [0, 0.05) is 17.1 Å². The van der Waals surface area contributed by atoms with Crippen molar-refractivity contribution in [1.29, 1.82) is 0 Å². The molecule has 1 aromatic carbocycles. The van der Waals surface area contributed by atoms with Crippen LogP contribution >= 0.6 is 11.3 Å². The molecule has 0 aliphatic rings. The van der Waals surface area contributed by atoms with Crippen molar-refractivity contribution in [3.8, 4) is 10.6 Å². The molecule has 0 fully saturated rings. The lowest BCUT2D eigenvalue weighted by molar-refractivity contribution is -0.121. The zero-order valence-corrected chi connectivity index (χ0v) is 12.9. The Balaban J connectivity index is 1.54. The predicted molar refractivity (Wildman–Crippen MR) is 87.7 cm³/mol. The van der Waals surface area contributed by atoms with Gasteiger partial charge in [-0.3, -0.25) is 20.4 Å². The van der Waals surface area contributed by atoms with E-state index in [0.29, 0.717) is 11.4 Å². The number of thiazole rings is 1. The van der Waals surface area contributed by atoms with E-state index in [2.05, 4.69) is 20.8 Å². The van der Waals surface area contributed by atoms with Gasteiger partial charge >= 0.3 is 0 Å². The number of hydrazine groups is 1. The van der Waals surface area contributed by atoms with Crippen molar-refractivity contribution in [2.45, 2.75) is 6.42 Å². The Morgan fingerprint density at radius 2 is 1.91 bits per heavy atom. The third kappa shape index (κ3) is 3.83. The lowest BCUT2D eigenvalue weighted by Gasteiger charge is -2.05. The molecule has 7 heteroatoms. The summed E-state index contributed by atoms with van der Waals surface area (Å²) in [5, 5.41) is 2.71. The molecule has 3 rings (SSSR count). The number of carbonyl (C=O) groups excluding carboxylic acids is 2. The van der Waals surface area contributed by atoms with E-state index in [0.717, 1.165) is 10.6 Å². The number of rotatable bonds is 4. The molecule has 23 heavy (non-hydrogen) atoms. The minimum absolute atomic E-state index is 0.105. The maximum atomic E-state index is 11.9. The number of benzene rings is 1. The van der Waals surface area contributed by atoms with Gasteiger partial charge in [0.05, 0.1) is 12.1 Å². The monoisotopic (exact) mass is 326 g/mol. The molecule has 2 amide bonds. The quantitative estimate of drug-likeness (QED) is 0.642. The molecule has 0 bridgehead atoms. The Kier molecular flexibility index (Phi) is 4.49. The van der Waals surface area contributed by atoms with Gasteiger partial charge in [0.2, 0.25) is 5.91 Å². The molecule has 0 saturated carbocycles. The zero-order valence-electron chi connectivity index (χ0n) is 12.1. The van der Waals surface area contributed by atoms with E-state index in [1.807, 2.05) is 35.7 Å². The number of hydrogen-bond acceptors (Lipinski definition) is 4. The first-order valence-electron chi connectivity index (χ1n) is 6.95. The second-order valence-electron chi connectivity index (χ2n) is 4.77. The first kappa shape index (κ1) is 15.0.